The second-order valence-electron chi connectivity index (χ2n) is 6.34. The Balaban J connectivity index is 1.62. The molecular formula is C20H26N2O. The monoisotopic (exact) mass is 310 g/mol. The van der Waals surface area contributed by atoms with Crippen LogP contribution < -0.4 is 0 Å². The molecular weight excluding hydrogens is 284 g/mol. The number of hydrogen-bond acceptors (Lipinski definition) is 3. The van der Waals surface area contributed by atoms with E-state index in [1.54, 1.807) is 0 Å². The first-order valence-electron chi connectivity index (χ1n) is 8.50. The Labute approximate surface area is 139 Å². The van der Waals surface area contributed by atoms with Gasteiger partial charge in [0.2, 0.25) is 0 Å². The molecule has 0 bridgehead atoms. The van der Waals surface area contributed by atoms with E-state index < -0.39 is 0 Å². The number of nitrogens with zero attached hydrogens (tertiary/aromatic N) is 2. The average Bonchev–Trinajstić information content (AvgIpc) is 2.79. The van der Waals surface area contributed by atoms with Gasteiger partial charge in [-0.05, 0) is 17.5 Å². The zero-order valence-electron chi connectivity index (χ0n) is 13.6. The van der Waals surface area contributed by atoms with Gasteiger partial charge in [0.25, 0.3) is 0 Å². The van der Waals surface area contributed by atoms with Crippen molar-refractivity contribution < 1.29 is 5.11 Å². The maximum absolute atomic E-state index is 9.78. The Morgan fingerprint density at radius 3 is 2.00 bits per heavy atom. The Morgan fingerprint density at radius 2 is 1.39 bits per heavy atom. The van der Waals surface area contributed by atoms with Gasteiger partial charge >= 0.3 is 0 Å². The van der Waals surface area contributed by atoms with Crippen molar-refractivity contribution in [2.45, 2.75) is 25.6 Å². The molecule has 1 saturated heterocycles. The molecule has 23 heavy (non-hydrogen) atoms. The van der Waals surface area contributed by atoms with E-state index in [-0.39, 0.29) is 12.6 Å². The van der Waals surface area contributed by atoms with Crippen LogP contribution in [-0.2, 0) is 13.1 Å². The van der Waals surface area contributed by atoms with Crippen LogP contribution in [0, 0.1) is 0 Å². The average molecular weight is 310 g/mol. The van der Waals surface area contributed by atoms with Crippen molar-refractivity contribution in [2.24, 2.45) is 0 Å². The van der Waals surface area contributed by atoms with E-state index in [0.717, 1.165) is 39.1 Å². The van der Waals surface area contributed by atoms with Crippen LogP contribution in [0.15, 0.2) is 60.7 Å². The molecule has 2 aromatic rings. The number of aliphatic hydroxyl groups is 1. The van der Waals surface area contributed by atoms with Crippen LogP contribution in [0.5, 0.6) is 0 Å². The number of benzene rings is 2. The second kappa shape index (κ2) is 8.25. The second-order valence-corrected chi connectivity index (χ2v) is 6.34. The van der Waals surface area contributed by atoms with Crippen molar-refractivity contribution in [3.8, 4) is 0 Å². The van der Waals surface area contributed by atoms with Gasteiger partial charge in [-0.1, -0.05) is 60.7 Å². The maximum atomic E-state index is 9.78. The number of hydrogen-bond donors (Lipinski definition) is 1. The lowest BCUT2D eigenvalue weighted by atomic mass is 10.1. The van der Waals surface area contributed by atoms with Crippen LogP contribution in [0.4, 0.5) is 0 Å². The summed E-state index contributed by atoms with van der Waals surface area (Å²) in [4.78, 5) is 4.93. The molecule has 1 aliphatic heterocycles. The molecule has 1 N–H and O–H groups in total. The summed E-state index contributed by atoms with van der Waals surface area (Å²) in [7, 11) is 0. The minimum absolute atomic E-state index is 0.242. The van der Waals surface area contributed by atoms with Crippen molar-refractivity contribution >= 4 is 0 Å². The molecule has 1 atom stereocenters. The first kappa shape index (κ1) is 16.2. The zero-order chi connectivity index (χ0) is 15.9. The lowest BCUT2D eigenvalue weighted by Gasteiger charge is -2.28. The lowest BCUT2D eigenvalue weighted by Crippen LogP contribution is -2.38. The van der Waals surface area contributed by atoms with Gasteiger partial charge in [-0.3, -0.25) is 9.80 Å². The summed E-state index contributed by atoms with van der Waals surface area (Å²) in [6.45, 7) is 5.27. The van der Waals surface area contributed by atoms with Crippen molar-refractivity contribution in [1.82, 2.24) is 9.80 Å². The molecule has 0 aromatic heterocycles. The van der Waals surface area contributed by atoms with Crippen LogP contribution >= 0.6 is 0 Å². The van der Waals surface area contributed by atoms with E-state index >= 15 is 0 Å². The smallest absolute Gasteiger partial charge is 0.0587 e. The molecule has 1 aliphatic rings. The van der Waals surface area contributed by atoms with Gasteiger partial charge in [-0.25, -0.2) is 0 Å². The van der Waals surface area contributed by atoms with E-state index in [1.807, 2.05) is 0 Å². The maximum Gasteiger partial charge on any atom is 0.0587 e. The summed E-state index contributed by atoms with van der Waals surface area (Å²) in [6.07, 6.45) is 1.02. The van der Waals surface area contributed by atoms with Crippen LogP contribution in [0.25, 0.3) is 0 Å². The molecule has 0 spiro atoms. The summed E-state index contributed by atoms with van der Waals surface area (Å²) in [5.74, 6) is 0. The third kappa shape index (κ3) is 4.64. The van der Waals surface area contributed by atoms with Gasteiger partial charge in [0.05, 0.1) is 6.61 Å². The van der Waals surface area contributed by atoms with Crippen LogP contribution in [0.2, 0.25) is 0 Å². The predicted molar refractivity (Wildman–Crippen MR) is 94.1 cm³/mol. The van der Waals surface area contributed by atoms with E-state index in [1.165, 1.54) is 11.1 Å². The highest BCUT2D eigenvalue weighted by molar-refractivity contribution is 5.15. The van der Waals surface area contributed by atoms with Gasteiger partial charge in [0.15, 0.2) is 0 Å². The molecule has 2 aromatic carbocycles. The van der Waals surface area contributed by atoms with Crippen molar-refractivity contribution in [3.63, 3.8) is 0 Å². The molecule has 3 rings (SSSR count). The fourth-order valence-corrected chi connectivity index (χ4v) is 3.31. The molecule has 0 saturated carbocycles. The number of rotatable bonds is 5. The summed E-state index contributed by atoms with van der Waals surface area (Å²) in [6, 6.07) is 21.5. The summed E-state index contributed by atoms with van der Waals surface area (Å²) < 4.78 is 0. The predicted octanol–water partition coefficient (Wildman–Crippen LogP) is 2.76. The van der Waals surface area contributed by atoms with Crippen molar-refractivity contribution in [3.05, 3.63) is 71.8 Å². The molecule has 0 amide bonds. The highest BCUT2D eigenvalue weighted by atomic mass is 16.3. The molecule has 0 radical (unpaired) electrons. The zero-order valence-corrected chi connectivity index (χ0v) is 13.6. The minimum atomic E-state index is 0.242. The largest absolute Gasteiger partial charge is 0.395 e. The minimum Gasteiger partial charge on any atom is -0.395 e. The van der Waals surface area contributed by atoms with Gasteiger partial charge < -0.3 is 5.11 Å². The van der Waals surface area contributed by atoms with Crippen molar-refractivity contribution in [2.75, 3.05) is 26.2 Å². The summed E-state index contributed by atoms with van der Waals surface area (Å²) in [5, 5.41) is 9.78. The first-order valence-corrected chi connectivity index (χ1v) is 8.50. The van der Waals surface area contributed by atoms with Gasteiger partial charge in [-0.15, -0.1) is 0 Å². The van der Waals surface area contributed by atoms with E-state index in [2.05, 4.69) is 70.5 Å². The van der Waals surface area contributed by atoms with E-state index in [0.29, 0.717) is 0 Å². The third-order valence-electron chi connectivity index (χ3n) is 4.69. The molecule has 3 nitrogen and oxygen atoms in total. The lowest BCUT2D eigenvalue weighted by molar-refractivity contribution is 0.122. The van der Waals surface area contributed by atoms with Crippen LogP contribution in [0.3, 0.4) is 0 Å². The SMILES string of the molecule is OC[C@H]1CCN(Cc2ccccc2)CCN1Cc1ccccc1. The fraction of sp³-hybridized carbons (Fsp3) is 0.400. The fourth-order valence-electron chi connectivity index (χ4n) is 3.31. The Hall–Kier alpha value is -1.68. The van der Waals surface area contributed by atoms with E-state index in [9.17, 15) is 5.11 Å². The topological polar surface area (TPSA) is 26.7 Å². The Bertz CT molecular complexity index is 573. The Kier molecular flexibility index (Phi) is 5.81. The molecule has 122 valence electrons. The van der Waals surface area contributed by atoms with Gasteiger partial charge in [0, 0.05) is 38.8 Å². The van der Waals surface area contributed by atoms with Crippen LogP contribution in [-0.4, -0.2) is 47.2 Å². The van der Waals surface area contributed by atoms with Gasteiger partial charge in [-0.2, -0.15) is 0 Å². The molecule has 1 fully saturated rings. The molecule has 3 heteroatoms. The third-order valence-corrected chi connectivity index (χ3v) is 4.69. The molecule has 0 aliphatic carbocycles. The van der Waals surface area contributed by atoms with E-state index in [4.69, 9.17) is 0 Å². The summed E-state index contributed by atoms with van der Waals surface area (Å²) in [5.41, 5.74) is 2.69. The summed E-state index contributed by atoms with van der Waals surface area (Å²) >= 11 is 0. The molecule has 0 unspecified atom stereocenters. The molecule has 1 heterocycles. The quantitative estimate of drug-likeness (QED) is 0.920. The standard InChI is InChI=1S/C20H26N2O/c23-17-20-11-12-21(15-18-7-3-1-4-8-18)13-14-22(20)16-19-9-5-2-6-10-19/h1-10,20,23H,11-17H2/t20-/m1/s1. The first-order chi connectivity index (χ1) is 11.3. The highest BCUT2D eigenvalue weighted by Gasteiger charge is 2.23. The highest BCUT2D eigenvalue weighted by Crippen LogP contribution is 2.16. The van der Waals surface area contributed by atoms with Crippen molar-refractivity contribution in [1.29, 1.82) is 0 Å². The Morgan fingerprint density at radius 1 is 0.783 bits per heavy atom. The van der Waals surface area contributed by atoms with Crippen LogP contribution in [0.1, 0.15) is 17.5 Å². The van der Waals surface area contributed by atoms with Gasteiger partial charge in [0.1, 0.15) is 0 Å². The normalized spacial score (nSPS) is 20.3. The number of aliphatic hydroxyl groups excluding tert-OH is 1.